The van der Waals surface area contributed by atoms with Crippen molar-refractivity contribution in [1.29, 1.82) is 0 Å². The quantitative estimate of drug-likeness (QED) is 0.813. The molecule has 0 radical (unpaired) electrons. The highest BCUT2D eigenvalue weighted by Crippen LogP contribution is 2.27. The number of nitrogens with one attached hydrogen (secondary N) is 2. The molecule has 0 spiro atoms. The first-order valence-corrected chi connectivity index (χ1v) is 8.91. The Bertz CT molecular complexity index is 733. The van der Waals surface area contributed by atoms with Gasteiger partial charge in [0.1, 0.15) is 11.6 Å². The fourth-order valence-corrected chi connectivity index (χ4v) is 3.32. The van der Waals surface area contributed by atoms with Crippen LogP contribution in [0.1, 0.15) is 31.2 Å². The summed E-state index contributed by atoms with van der Waals surface area (Å²) in [5.41, 5.74) is 1.92. The van der Waals surface area contributed by atoms with Crippen LogP contribution in [0.2, 0.25) is 0 Å². The Morgan fingerprint density at radius 1 is 1.38 bits per heavy atom. The van der Waals surface area contributed by atoms with Crippen LogP contribution in [-0.4, -0.2) is 43.4 Å². The number of benzene rings is 1. The maximum Gasteiger partial charge on any atom is 0.226 e. The molecule has 0 unspecified atom stereocenters. The molecule has 2 aliphatic heterocycles. The number of carbonyl (C=O) groups excluding carboxylic acids is 2. The Labute approximate surface area is 152 Å². The minimum Gasteiger partial charge on any atom is -0.384 e. The van der Waals surface area contributed by atoms with Crippen LogP contribution in [0.25, 0.3) is 0 Å². The van der Waals surface area contributed by atoms with Gasteiger partial charge in [0.15, 0.2) is 5.78 Å². The van der Waals surface area contributed by atoms with E-state index >= 15 is 0 Å². The van der Waals surface area contributed by atoms with Crippen LogP contribution in [0.3, 0.4) is 0 Å². The molecule has 1 aromatic rings. The molecule has 0 bridgehead atoms. The fourth-order valence-electron chi connectivity index (χ4n) is 3.32. The number of methoxy groups -OCH3 is 1. The normalized spacial score (nSPS) is 17.0. The maximum atomic E-state index is 14.0. The number of carbonyl (C=O) groups is 2. The lowest BCUT2D eigenvalue weighted by atomic mass is 9.96. The molecule has 1 aromatic carbocycles. The molecule has 140 valence electrons. The summed E-state index contributed by atoms with van der Waals surface area (Å²) in [6, 6.07) is 4.72. The van der Waals surface area contributed by atoms with Crippen molar-refractivity contribution in [2.75, 3.05) is 32.1 Å². The highest BCUT2D eigenvalue weighted by atomic mass is 19.1. The van der Waals surface area contributed by atoms with Crippen molar-refractivity contribution < 1.29 is 18.7 Å². The number of allylic oxidation sites excluding steroid dienone is 1. The lowest BCUT2D eigenvalue weighted by Crippen LogP contribution is -2.41. The SMILES string of the molecule is COCCC(=O)Nc1cc(CN2CCC(=O)C3=C2NCCC3)ccc1F. The van der Waals surface area contributed by atoms with Gasteiger partial charge < -0.3 is 20.3 Å². The lowest BCUT2D eigenvalue weighted by molar-refractivity contribution is -0.117. The molecule has 0 aromatic heterocycles. The second kappa shape index (κ2) is 8.31. The van der Waals surface area contributed by atoms with Crippen molar-refractivity contribution >= 4 is 17.4 Å². The van der Waals surface area contributed by atoms with Gasteiger partial charge in [0.05, 0.1) is 18.7 Å². The van der Waals surface area contributed by atoms with Crippen LogP contribution >= 0.6 is 0 Å². The molecule has 0 fully saturated rings. The average molecular weight is 361 g/mol. The summed E-state index contributed by atoms with van der Waals surface area (Å²) in [5.74, 6) is 0.366. The second-order valence-corrected chi connectivity index (χ2v) is 6.56. The van der Waals surface area contributed by atoms with Gasteiger partial charge in [0, 0.05) is 38.7 Å². The molecule has 2 heterocycles. The van der Waals surface area contributed by atoms with Crippen LogP contribution in [0.5, 0.6) is 0 Å². The number of ketones is 1. The number of hydrogen-bond donors (Lipinski definition) is 2. The number of rotatable bonds is 6. The number of anilines is 1. The van der Waals surface area contributed by atoms with Crippen molar-refractivity contribution in [1.82, 2.24) is 10.2 Å². The third-order valence-electron chi connectivity index (χ3n) is 4.65. The van der Waals surface area contributed by atoms with Gasteiger partial charge in [-0.05, 0) is 30.5 Å². The van der Waals surface area contributed by atoms with E-state index in [9.17, 15) is 14.0 Å². The largest absolute Gasteiger partial charge is 0.384 e. The van der Waals surface area contributed by atoms with Gasteiger partial charge in [0.25, 0.3) is 0 Å². The van der Waals surface area contributed by atoms with E-state index in [4.69, 9.17) is 4.74 Å². The number of hydrogen-bond acceptors (Lipinski definition) is 5. The Morgan fingerprint density at radius 3 is 3.04 bits per heavy atom. The van der Waals surface area contributed by atoms with E-state index in [2.05, 4.69) is 15.5 Å². The third kappa shape index (κ3) is 4.22. The second-order valence-electron chi connectivity index (χ2n) is 6.56. The molecule has 1 amide bonds. The van der Waals surface area contributed by atoms with E-state index in [1.54, 1.807) is 12.1 Å². The van der Waals surface area contributed by atoms with Crippen molar-refractivity contribution in [3.63, 3.8) is 0 Å². The van der Waals surface area contributed by atoms with Crippen molar-refractivity contribution in [3.8, 4) is 0 Å². The van der Waals surface area contributed by atoms with E-state index in [1.807, 2.05) is 0 Å². The highest BCUT2D eigenvalue weighted by molar-refractivity contribution is 5.97. The smallest absolute Gasteiger partial charge is 0.226 e. The van der Waals surface area contributed by atoms with Crippen molar-refractivity contribution in [3.05, 3.63) is 41.0 Å². The summed E-state index contributed by atoms with van der Waals surface area (Å²) >= 11 is 0. The molecule has 0 saturated carbocycles. The molecular formula is C19H24FN3O3. The summed E-state index contributed by atoms with van der Waals surface area (Å²) < 4.78 is 18.9. The highest BCUT2D eigenvalue weighted by Gasteiger charge is 2.28. The number of Topliss-reactive ketones (excluding diaryl/α,β-unsaturated/α-hetero) is 1. The topological polar surface area (TPSA) is 70.7 Å². The molecule has 3 rings (SSSR count). The first kappa shape index (κ1) is 18.4. The van der Waals surface area contributed by atoms with Gasteiger partial charge in [0.2, 0.25) is 5.91 Å². The molecule has 0 aliphatic carbocycles. The lowest BCUT2D eigenvalue weighted by Gasteiger charge is -2.36. The molecule has 7 heteroatoms. The van der Waals surface area contributed by atoms with Gasteiger partial charge in [-0.25, -0.2) is 4.39 Å². The van der Waals surface area contributed by atoms with Crippen LogP contribution in [-0.2, 0) is 20.9 Å². The minimum atomic E-state index is -0.468. The van der Waals surface area contributed by atoms with Gasteiger partial charge >= 0.3 is 0 Å². The first-order valence-electron chi connectivity index (χ1n) is 8.91. The zero-order valence-corrected chi connectivity index (χ0v) is 14.9. The zero-order chi connectivity index (χ0) is 18.5. The Morgan fingerprint density at radius 2 is 2.23 bits per heavy atom. The monoisotopic (exact) mass is 361 g/mol. The van der Waals surface area contributed by atoms with Crippen LogP contribution in [0.4, 0.5) is 10.1 Å². The number of halogens is 1. The molecular weight excluding hydrogens is 337 g/mol. The van der Waals surface area contributed by atoms with E-state index in [1.165, 1.54) is 13.2 Å². The van der Waals surface area contributed by atoms with E-state index in [0.717, 1.165) is 36.3 Å². The van der Waals surface area contributed by atoms with Crippen molar-refractivity contribution in [2.45, 2.75) is 32.2 Å². The van der Waals surface area contributed by atoms with Crippen LogP contribution in [0.15, 0.2) is 29.6 Å². The summed E-state index contributed by atoms with van der Waals surface area (Å²) in [5, 5.41) is 5.92. The maximum absolute atomic E-state index is 14.0. The predicted molar refractivity (Wildman–Crippen MR) is 95.8 cm³/mol. The summed E-state index contributed by atoms with van der Waals surface area (Å²) in [4.78, 5) is 26.1. The predicted octanol–water partition coefficient (Wildman–Crippen LogP) is 2.17. The summed E-state index contributed by atoms with van der Waals surface area (Å²) in [6.07, 6.45) is 2.45. The van der Waals surface area contributed by atoms with Gasteiger partial charge in [-0.3, -0.25) is 9.59 Å². The van der Waals surface area contributed by atoms with Gasteiger partial charge in [-0.1, -0.05) is 6.07 Å². The Balaban J connectivity index is 1.74. The molecule has 0 atom stereocenters. The molecule has 0 saturated heterocycles. The van der Waals surface area contributed by atoms with E-state index in [0.29, 0.717) is 19.5 Å². The van der Waals surface area contributed by atoms with E-state index in [-0.39, 0.29) is 30.4 Å². The van der Waals surface area contributed by atoms with E-state index < -0.39 is 5.82 Å². The average Bonchev–Trinajstić information content (AvgIpc) is 2.65. The van der Waals surface area contributed by atoms with Gasteiger partial charge in [-0.2, -0.15) is 0 Å². The molecule has 26 heavy (non-hydrogen) atoms. The van der Waals surface area contributed by atoms with Crippen LogP contribution in [0, 0.1) is 5.82 Å². The molecule has 6 nitrogen and oxygen atoms in total. The van der Waals surface area contributed by atoms with Gasteiger partial charge in [-0.15, -0.1) is 0 Å². The third-order valence-corrected chi connectivity index (χ3v) is 4.65. The number of ether oxygens (including phenoxy) is 1. The number of amides is 1. The Kier molecular flexibility index (Phi) is 5.88. The number of nitrogens with zero attached hydrogens (tertiary/aromatic N) is 1. The molecule has 2 aliphatic rings. The summed E-state index contributed by atoms with van der Waals surface area (Å²) in [7, 11) is 1.51. The fraction of sp³-hybridized carbons (Fsp3) is 0.474. The zero-order valence-electron chi connectivity index (χ0n) is 14.9. The van der Waals surface area contributed by atoms with Crippen LogP contribution < -0.4 is 10.6 Å². The molecule has 2 N–H and O–H groups in total. The van der Waals surface area contributed by atoms with Crippen molar-refractivity contribution in [2.24, 2.45) is 0 Å². The standard InChI is InChI=1S/C19H24FN3O3/c1-26-10-7-18(25)22-16-11-13(4-5-15(16)20)12-23-9-6-17(24)14-3-2-8-21-19(14)23/h4-5,11,21H,2-3,6-10,12H2,1H3,(H,22,25). The minimum absolute atomic E-state index is 0.169. The first-order chi connectivity index (χ1) is 12.6. The summed E-state index contributed by atoms with van der Waals surface area (Å²) in [6.45, 7) is 2.34. The Hall–Kier alpha value is -2.41.